The zero-order chi connectivity index (χ0) is 12.4. The molecule has 0 atom stereocenters. The minimum Gasteiger partial charge on any atom is -0.387 e. The van der Waals surface area contributed by atoms with E-state index in [0.717, 1.165) is 4.47 Å². The topological polar surface area (TPSA) is 43.8 Å². The predicted molar refractivity (Wildman–Crippen MR) is 71.3 cm³/mol. The molecule has 17 heavy (non-hydrogen) atoms. The third kappa shape index (κ3) is 2.70. The lowest BCUT2D eigenvalue weighted by Gasteiger charge is -2.08. The van der Waals surface area contributed by atoms with Gasteiger partial charge < -0.3 is 10.3 Å². The Bertz CT molecular complexity index is 568. The van der Waals surface area contributed by atoms with Crippen LogP contribution < -0.4 is 5.73 Å². The van der Waals surface area contributed by atoms with Crippen LogP contribution in [-0.2, 0) is 6.54 Å². The standard InChI is InChI=1S/C11H9BrFN3S/c12-8-1-2-9(13)7(5-8)6-16-4-3-15-11(16)10(14)17/h1-5H,6H2,(H2,14,17). The largest absolute Gasteiger partial charge is 0.387 e. The third-order valence-electron chi connectivity index (χ3n) is 2.28. The molecule has 1 aromatic heterocycles. The summed E-state index contributed by atoms with van der Waals surface area (Å²) in [5.74, 6) is 0.218. The number of thiocarbonyl (C=S) groups is 1. The molecule has 2 rings (SSSR count). The van der Waals surface area contributed by atoms with Crippen LogP contribution in [0.15, 0.2) is 35.1 Å². The molecule has 0 aliphatic carbocycles. The van der Waals surface area contributed by atoms with Crippen molar-refractivity contribution in [1.82, 2.24) is 9.55 Å². The average molecular weight is 314 g/mol. The molecule has 1 aromatic carbocycles. The van der Waals surface area contributed by atoms with Crippen LogP contribution in [0.5, 0.6) is 0 Å². The van der Waals surface area contributed by atoms with Gasteiger partial charge in [0.2, 0.25) is 0 Å². The van der Waals surface area contributed by atoms with Crippen LogP contribution in [0.3, 0.4) is 0 Å². The van der Waals surface area contributed by atoms with Crippen molar-refractivity contribution in [1.29, 1.82) is 0 Å². The summed E-state index contributed by atoms with van der Waals surface area (Å²) in [6, 6.07) is 4.79. The highest BCUT2D eigenvalue weighted by molar-refractivity contribution is 9.10. The van der Waals surface area contributed by atoms with Crippen molar-refractivity contribution in [2.24, 2.45) is 5.73 Å². The lowest BCUT2D eigenvalue weighted by atomic mass is 10.2. The van der Waals surface area contributed by atoms with Crippen molar-refractivity contribution < 1.29 is 4.39 Å². The summed E-state index contributed by atoms with van der Waals surface area (Å²) >= 11 is 8.18. The van der Waals surface area contributed by atoms with Gasteiger partial charge in [0, 0.05) is 22.4 Å². The summed E-state index contributed by atoms with van der Waals surface area (Å²) in [6.07, 6.45) is 3.30. The van der Waals surface area contributed by atoms with Gasteiger partial charge in [0.05, 0.1) is 6.54 Å². The van der Waals surface area contributed by atoms with Gasteiger partial charge in [0.25, 0.3) is 0 Å². The van der Waals surface area contributed by atoms with E-state index >= 15 is 0 Å². The highest BCUT2D eigenvalue weighted by Crippen LogP contribution is 2.17. The van der Waals surface area contributed by atoms with Crippen molar-refractivity contribution in [2.75, 3.05) is 0 Å². The van der Waals surface area contributed by atoms with Crippen molar-refractivity contribution >= 4 is 33.1 Å². The minimum absolute atomic E-state index is 0.199. The first-order valence-electron chi connectivity index (χ1n) is 4.83. The molecule has 0 unspecified atom stereocenters. The van der Waals surface area contributed by atoms with Crippen molar-refractivity contribution in [3.05, 3.63) is 52.3 Å². The summed E-state index contributed by atoms with van der Waals surface area (Å²) in [6.45, 7) is 0.345. The Morgan fingerprint density at radius 2 is 2.29 bits per heavy atom. The Morgan fingerprint density at radius 1 is 1.53 bits per heavy atom. The normalized spacial score (nSPS) is 10.5. The molecule has 0 amide bonds. The van der Waals surface area contributed by atoms with E-state index in [1.54, 1.807) is 29.1 Å². The number of nitrogens with zero attached hydrogens (tertiary/aromatic N) is 2. The second-order valence-electron chi connectivity index (χ2n) is 3.48. The van der Waals surface area contributed by atoms with E-state index in [1.807, 2.05) is 0 Å². The van der Waals surface area contributed by atoms with E-state index < -0.39 is 0 Å². The number of hydrogen-bond donors (Lipinski definition) is 1. The van der Waals surface area contributed by atoms with Crippen LogP contribution in [0, 0.1) is 5.82 Å². The van der Waals surface area contributed by atoms with E-state index in [1.165, 1.54) is 6.07 Å². The van der Waals surface area contributed by atoms with Gasteiger partial charge >= 0.3 is 0 Å². The molecular weight excluding hydrogens is 305 g/mol. The first-order chi connectivity index (χ1) is 8.08. The summed E-state index contributed by atoms with van der Waals surface area (Å²) in [7, 11) is 0. The Hall–Kier alpha value is -1.27. The molecule has 0 saturated heterocycles. The third-order valence-corrected chi connectivity index (χ3v) is 2.96. The SMILES string of the molecule is NC(=S)c1nccn1Cc1cc(Br)ccc1F. The molecule has 2 aromatic rings. The molecule has 0 saturated carbocycles. The van der Waals surface area contributed by atoms with Gasteiger partial charge in [-0.2, -0.15) is 0 Å². The lowest BCUT2D eigenvalue weighted by molar-refractivity contribution is 0.598. The molecular formula is C11H9BrFN3S. The fourth-order valence-corrected chi connectivity index (χ4v) is 2.09. The molecule has 3 nitrogen and oxygen atoms in total. The van der Waals surface area contributed by atoms with E-state index in [4.69, 9.17) is 18.0 Å². The maximum Gasteiger partial charge on any atom is 0.167 e. The Morgan fingerprint density at radius 3 is 3.00 bits per heavy atom. The molecule has 6 heteroatoms. The van der Waals surface area contributed by atoms with Gasteiger partial charge in [-0.15, -0.1) is 0 Å². The van der Waals surface area contributed by atoms with E-state index in [9.17, 15) is 4.39 Å². The first-order valence-corrected chi connectivity index (χ1v) is 6.03. The molecule has 0 spiro atoms. The van der Waals surface area contributed by atoms with E-state index in [0.29, 0.717) is 17.9 Å². The second-order valence-corrected chi connectivity index (χ2v) is 4.83. The monoisotopic (exact) mass is 313 g/mol. The highest BCUT2D eigenvalue weighted by Gasteiger charge is 2.09. The van der Waals surface area contributed by atoms with Gasteiger partial charge in [-0.05, 0) is 18.2 Å². The van der Waals surface area contributed by atoms with Crippen LogP contribution in [-0.4, -0.2) is 14.5 Å². The van der Waals surface area contributed by atoms with Crippen molar-refractivity contribution in [3.63, 3.8) is 0 Å². The molecule has 0 aliphatic rings. The number of hydrogen-bond acceptors (Lipinski definition) is 2. The minimum atomic E-state index is -0.268. The van der Waals surface area contributed by atoms with Gasteiger partial charge in [0.15, 0.2) is 5.82 Å². The maximum absolute atomic E-state index is 13.6. The smallest absolute Gasteiger partial charge is 0.167 e. The van der Waals surface area contributed by atoms with Crippen molar-refractivity contribution in [2.45, 2.75) is 6.54 Å². The van der Waals surface area contributed by atoms with E-state index in [2.05, 4.69) is 20.9 Å². The fraction of sp³-hybridized carbons (Fsp3) is 0.0909. The molecule has 1 heterocycles. The molecule has 0 fully saturated rings. The zero-order valence-electron chi connectivity index (χ0n) is 8.73. The van der Waals surface area contributed by atoms with Crippen molar-refractivity contribution in [3.8, 4) is 0 Å². The molecule has 0 bridgehead atoms. The number of halogens is 2. The van der Waals surface area contributed by atoms with Gasteiger partial charge in [0.1, 0.15) is 10.8 Å². The van der Waals surface area contributed by atoms with Crippen LogP contribution >= 0.6 is 28.1 Å². The summed E-state index contributed by atoms with van der Waals surface area (Å²) < 4.78 is 16.1. The highest BCUT2D eigenvalue weighted by atomic mass is 79.9. The Labute approximate surface area is 112 Å². The Balaban J connectivity index is 2.34. The molecule has 0 radical (unpaired) electrons. The van der Waals surface area contributed by atoms with Gasteiger partial charge in [-0.3, -0.25) is 0 Å². The van der Waals surface area contributed by atoms with Crippen LogP contribution in [0.25, 0.3) is 0 Å². The summed E-state index contributed by atoms with van der Waals surface area (Å²) in [5, 5.41) is 0. The molecule has 2 N–H and O–H groups in total. The van der Waals surface area contributed by atoms with E-state index in [-0.39, 0.29) is 10.8 Å². The predicted octanol–water partition coefficient (Wildman–Crippen LogP) is 2.47. The zero-order valence-corrected chi connectivity index (χ0v) is 11.1. The lowest BCUT2D eigenvalue weighted by Crippen LogP contribution is -2.17. The Kier molecular flexibility index (Phi) is 3.54. The van der Waals surface area contributed by atoms with Gasteiger partial charge in [-0.1, -0.05) is 28.1 Å². The molecule has 88 valence electrons. The quantitative estimate of drug-likeness (QED) is 0.885. The van der Waals surface area contributed by atoms with Crippen LogP contribution in [0.1, 0.15) is 11.4 Å². The maximum atomic E-state index is 13.6. The second kappa shape index (κ2) is 4.93. The number of benzene rings is 1. The number of imidazole rings is 1. The first kappa shape index (κ1) is 12.2. The number of aromatic nitrogens is 2. The number of rotatable bonds is 3. The average Bonchev–Trinajstić information content (AvgIpc) is 2.71. The van der Waals surface area contributed by atoms with Crippen LogP contribution in [0.2, 0.25) is 0 Å². The summed E-state index contributed by atoms with van der Waals surface area (Å²) in [4.78, 5) is 4.23. The summed E-state index contributed by atoms with van der Waals surface area (Å²) in [5.41, 5.74) is 6.08. The van der Waals surface area contributed by atoms with Gasteiger partial charge in [-0.25, -0.2) is 9.37 Å². The number of nitrogens with two attached hydrogens (primary N) is 1. The molecule has 0 aliphatic heterocycles. The van der Waals surface area contributed by atoms with Crippen LogP contribution in [0.4, 0.5) is 4.39 Å². The fourth-order valence-electron chi connectivity index (χ4n) is 1.51.